The lowest BCUT2D eigenvalue weighted by atomic mass is 9.95. The van der Waals surface area contributed by atoms with Crippen molar-refractivity contribution in [2.24, 2.45) is 5.92 Å². The van der Waals surface area contributed by atoms with Crippen LogP contribution in [0.4, 0.5) is 14.5 Å². The number of nitrogens with zero attached hydrogens (tertiary/aromatic N) is 5. The highest BCUT2D eigenvalue weighted by atomic mass is 19.1. The Morgan fingerprint density at radius 3 is 2.57 bits per heavy atom. The van der Waals surface area contributed by atoms with Crippen molar-refractivity contribution in [1.29, 1.82) is 0 Å². The van der Waals surface area contributed by atoms with Crippen LogP contribution in [-0.2, 0) is 4.79 Å². The van der Waals surface area contributed by atoms with Crippen LogP contribution in [0.5, 0.6) is 0 Å². The molecule has 2 heterocycles. The Morgan fingerprint density at radius 2 is 1.87 bits per heavy atom. The number of carbonyl (C=O) groups is 2. The Labute approximate surface area is 170 Å². The van der Waals surface area contributed by atoms with E-state index in [2.05, 4.69) is 20.8 Å². The number of hydrogen-bond acceptors (Lipinski definition) is 5. The highest BCUT2D eigenvalue weighted by Crippen LogP contribution is 2.23. The van der Waals surface area contributed by atoms with Crippen molar-refractivity contribution in [2.75, 3.05) is 18.4 Å². The first-order chi connectivity index (χ1) is 14.5. The van der Waals surface area contributed by atoms with Crippen molar-refractivity contribution >= 4 is 17.5 Å². The summed E-state index contributed by atoms with van der Waals surface area (Å²) in [6.07, 6.45) is 2.36. The van der Waals surface area contributed by atoms with E-state index < -0.39 is 17.5 Å². The van der Waals surface area contributed by atoms with E-state index >= 15 is 0 Å². The fourth-order valence-electron chi connectivity index (χ4n) is 3.43. The van der Waals surface area contributed by atoms with Gasteiger partial charge < -0.3 is 10.2 Å². The van der Waals surface area contributed by atoms with Gasteiger partial charge in [0.2, 0.25) is 5.91 Å². The van der Waals surface area contributed by atoms with Gasteiger partial charge in [-0.05, 0) is 53.6 Å². The number of piperidine rings is 1. The number of rotatable bonds is 4. The van der Waals surface area contributed by atoms with Crippen LogP contribution in [0.2, 0.25) is 0 Å². The lowest BCUT2D eigenvalue weighted by Crippen LogP contribution is -2.41. The molecule has 4 rings (SSSR count). The molecule has 0 bridgehead atoms. The van der Waals surface area contributed by atoms with Crippen LogP contribution in [0.1, 0.15) is 23.2 Å². The van der Waals surface area contributed by atoms with Crippen molar-refractivity contribution in [3.05, 3.63) is 66.0 Å². The van der Waals surface area contributed by atoms with Crippen LogP contribution in [0.15, 0.2) is 48.8 Å². The van der Waals surface area contributed by atoms with E-state index in [9.17, 15) is 18.4 Å². The molecule has 30 heavy (non-hydrogen) atoms. The molecule has 8 nitrogen and oxygen atoms in total. The number of tetrazole rings is 1. The van der Waals surface area contributed by atoms with Gasteiger partial charge in [-0.2, -0.15) is 0 Å². The van der Waals surface area contributed by atoms with E-state index in [4.69, 9.17) is 0 Å². The molecule has 1 fully saturated rings. The third-order valence-electron chi connectivity index (χ3n) is 5.04. The molecule has 0 aliphatic carbocycles. The highest BCUT2D eigenvalue weighted by Gasteiger charge is 2.29. The van der Waals surface area contributed by atoms with E-state index in [-0.39, 0.29) is 17.4 Å². The minimum Gasteiger partial charge on any atom is -0.339 e. The summed E-state index contributed by atoms with van der Waals surface area (Å²) < 4.78 is 28.4. The summed E-state index contributed by atoms with van der Waals surface area (Å²) in [6.45, 7) is 0.636. The minimum atomic E-state index is -0.887. The Hall–Kier alpha value is -3.69. The molecule has 0 unspecified atom stereocenters. The maximum absolute atomic E-state index is 13.9. The van der Waals surface area contributed by atoms with Gasteiger partial charge in [-0.25, -0.2) is 13.5 Å². The fraction of sp³-hybridized carbons (Fsp3) is 0.250. The molecule has 154 valence electrons. The lowest BCUT2D eigenvalue weighted by Gasteiger charge is -2.31. The van der Waals surface area contributed by atoms with Gasteiger partial charge in [0.25, 0.3) is 5.91 Å². The SMILES string of the molecule is O=C(Nc1cccc(-n2cnnn2)c1)C1CCN(C(=O)c2ccc(F)cc2F)CC1. The number of hydrogen-bond donors (Lipinski definition) is 1. The average Bonchev–Trinajstić information content (AvgIpc) is 3.29. The molecule has 1 N–H and O–H groups in total. The van der Waals surface area contributed by atoms with Gasteiger partial charge in [-0.15, -0.1) is 5.10 Å². The van der Waals surface area contributed by atoms with Crippen LogP contribution in [0.25, 0.3) is 5.69 Å². The number of benzene rings is 2. The van der Waals surface area contributed by atoms with Gasteiger partial charge in [-0.1, -0.05) is 6.07 Å². The summed E-state index contributed by atoms with van der Waals surface area (Å²) >= 11 is 0. The topological polar surface area (TPSA) is 93.0 Å². The quantitative estimate of drug-likeness (QED) is 0.711. The third-order valence-corrected chi connectivity index (χ3v) is 5.04. The molecule has 3 aromatic rings. The second-order valence-electron chi connectivity index (χ2n) is 6.98. The molecular formula is C20H18F2N6O2. The lowest BCUT2D eigenvalue weighted by molar-refractivity contribution is -0.121. The minimum absolute atomic E-state index is 0.149. The van der Waals surface area contributed by atoms with Gasteiger partial charge in [0.1, 0.15) is 18.0 Å². The van der Waals surface area contributed by atoms with Crippen molar-refractivity contribution < 1.29 is 18.4 Å². The number of amides is 2. The molecule has 1 aliphatic rings. The molecule has 1 aliphatic heterocycles. The summed E-state index contributed by atoms with van der Waals surface area (Å²) in [4.78, 5) is 26.6. The van der Waals surface area contributed by atoms with Crippen molar-refractivity contribution in [1.82, 2.24) is 25.1 Å². The molecule has 2 amide bonds. The van der Waals surface area contributed by atoms with E-state index in [1.54, 1.807) is 18.2 Å². The Kier molecular flexibility index (Phi) is 5.46. The third kappa shape index (κ3) is 4.17. The Morgan fingerprint density at radius 1 is 1.07 bits per heavy atom. The first kappa shape index (κ1) is 19.6. The molecule has 0 saturated carbocycles. The zero-order chi connectivity index (χ0) is 21.1. The number of anilines is 1. The van der Waals surface area contributed by atoms with Gasteiger partial charge >= 0.3 is 0 Å². The van der Waals surface area contributed by atoms with Crippen LogP contribution in [0.3, 0.4) is 0 Å². The molecular weight excluding hydrogens is 394 g/mol. The molecule has 0 spiro atoms. The summed E-state index contributed by atoms with van der Waals surface area (Å²) in [5.74, 6) is -2.54. The first-order valence-electron chi connectivity index (χ1n) is 9.40. The number of aromatic nitrogens is 4. The van der Waals surface area contributed by atoms with Gasteiger partial charge in [0.15, 0.2) is 0 Å². The van der Waals surface area contributed by atoms with E-state index in [0.29, 0.717) is 43.4 Å². The summed E-state index contributed by atoms with van der Waals surface area (Å²) in [5, 5.41) is 13.9. The standard InChI is InChI=1S/C20H18F2N6O2/c21-14-4-5-17(18(22)10-14)20(30)27-8-6-13(7-9-27)19(29)24-15-2-1-3-16(11-15)28-12-23-25-26-28/h1-5,10-13H,6-9H2,(H,24,29). The zero-order valence-corrected chi connectivity index (χ0v) is 15.8. The first-order valence-corrected chi connectivity index (χ1v) is 9.40. The summed E-state index contributed by atoms with van der Waals surface area (Å²) in [7, 11) is 0. The van der Waals surface area contributed by atoms with Crippen LogP contribution in [0, 0.1) is 17.6 Å². The van der Waals surface area contributed by atoms with E-state index in [1.807, 2.05) is 6.07 Å². The summed E-state index contributed by atoms with van der Waals surface area (Å²) in [5.41, 5.74) is 1.15. The predicted molar refractivity (Wildman–Crippen MR) is 103 cm³/mol. The number of carbonyl (C=O) groups excluding carboxylic acids is 2. The predicted octanol–water partition coefficient (Wildman–Crippen LogP) is 2.43. The fourth-order valence-corrected chi connectivity index (χ4v) is 3.43. The Bertz CT molecular complexity index is 1060. The molecule has 1 aromatic heterocycles. The second kappa shape index (κ2) is 8.36. The van der Waals surface area contributed by atoms with Crippen molar-refractivity contribution in [2.45, 2.75) is 12.8 Å². The van der Waals surface area contributed by atoms with Crippen LogP contribution >= 0.6 is 0 Å². The van der Waals surface area contributed by atoms with E-state index in [1.165, 1.54) is 15.9 Å². The smallest absolute Gasteiger partial charge is 0.256 e. The van der Waals surface area contributed by atoms with Gasteiger partial charge in [0, 0.05) is 30.8 Å². The largest absolute Gasteiger partial charge is 0.339 e. The number of likely N-dealkylation sites (tertiary alicyclic amines) is 1. The van der Waals surface area contributed by atoms with Gasteiger partial charge in [0.05, 0.1) is 11.3 Å². The van der Waals surface area contributed by atoms with Crippen molar-refractivity contribution in [3.8, 4) is 5.69 Å². The van der Waals surface area contributed by atoms with Crippen LogP contribution in [-0.4, -0.2) is 50.0 Å². The van der Waals surface area contributed by atoms with Gasteiger partial charge in [-0.3, -0.25) is 9.59 Å². The normalized spacial score (nSPS) is 14.5. The maximum Gasteiger partial charge on any atom is 0.256 e. The average molecular weight is 412 g/mol. The number of nitrogens with one attached hydrogen (secondary N) is 1. The molecule has 10 heteroatoms. The zero-order valence-electron chi connectivity index (χ0n) is 15.8. The molecule has 1 saturated heterocycles. The highest BCUT2D eigenvalue weighted by molar-refractivity contribution is 5.95. The summed E-state index contributed by atoms with van der Waals surface area (Å²) in [6, 6.07) is 10.0. The molecule has 0 atom stereocenters. The van der Waals surface area contributed by atoms with Crippen LogP contribution < -0.4 is 5.32 Å². The second-order valence-corrected chi connectivity index (χ2v) is 6.98. The van der Waals surface area contributed by atoms with Crippen molar-refractivity contribution in [3.63, 3.8) is 0 Å². The Balaban J connectivity index is 1.35. The van der Waals surface area contributed by atoms with E-state index in [0.717, 1.165) is 12.1 Å². The molecule has 0 radical (unpaired) electrons. The maximum atomic E-state index is 13.9. The molecule has 2 aromatic carbocycles. The number of halogens is 2. The monoisotopic (exact) mass is 412 g/mol.